The number of nitrogens with two attached hydrogens (primary N) is 2. The summed E-state index contributed by atoms with van der Waals surface area (Å²) in [5.41, 5.74) is 11.4. The second-order valence-corrected chi connectivity index (χ2v) is 3.09. The number of ether oxygens (including phenoxy) is 2. The zero-order chi connectivity index (χ0) is 9.30. The maximum atomic E-state index is 9.34. The van der Waals surface area contributed by atoms with Crippen LogP contribution in [0.15, 0.2) is 0 Å². The molecule has 1 rings (SSSR count). The highest BCUT2D eigenvalue weighted by atomic mass is 16.6. The first-order valence-corrected chi connectivity index (χ1v) is 3.95. The van der Waals surface area contributed by atoms with Crippen LogP contribution in [0.4, 0.5) is 0 Å². The molecule has 5 atom stereocenters. The van der Waals surface area contributed by atoms with E-state index in [4.69, 9.17) is 20.9 Å². The minimum atomic E-state index is -0.972. The van der Waals surface area contributed by atoms with Crippen molar-refractivity contribution in [2.75, 3.05) is 7.11 Å². The quantitative estimate of drug-likeness (QED) is 0.447. The summed E-state index contributed by atoms with van der Waals surface area (Å²) in [6.07, 6.45) is -1.74. The van der Waals surface area contributed by atoms with Gasteiger partial charge in [0.15, 0.2) is 6.29 Å². The van der Waals surface area contributed by atoms with Crippen LogP contribution in [0.1, 0.15) is 6.92 Å². The fourth-order valence-electron chi connectivity index (χ4n) is 1.38. The van der Waals surface area contributed by atoms with Gasteiger partial charge in [0.2, 0.25) is 0 Å². The van der Waals surface area contributed by atoms with Crippen molar-refractivity contribution in [3.05, 3.63) is 0 Å². The van der Waals surface area contributed by atoms with Crippen molar-refractivity contribution in [2.24, 2.45) is 11.5 Å². The summed E-state index contributed by atoms with van der Waals surface area (Å²) in [5, 5.41) is 9.34. The van der Waals surface area contributed by atoms with Gasteiger partial charge in [0, 0.05) is 13.2 Å². The van der Waals surface area contributed by atoms with Crippen molar-refractivity contribution in [2.45, 2.75) is 37.5 Å². The number of methoxy groups -OCH3 is 1. The van der Waals surface area contributed by atoms with E-state index in [-0.39, 0.29) is 18.2 Å². The Kier molecular flexibility index (Phi) is 3.03. The van der Waals surface area contributed by atoms with Crippen molar-refractivity contribution >= 4 is 0 Å². The maximum Gasteiger partial charge on any atom is 0.183 e. The van der Waals surface area contributed by atoms with Gasteiger partial charge in [-0.1, -0.05) is 0 Å². The van der Waals surface area contributed by atoms with Crippen LogP contribution in [0.2, 0.25) is 0 Å². The average Bonchev–Trinajstić information content (AvgIpc) is 2.01. The van der Waals surface area contributed by atoms with Crippen LogP contribution in [-0.2, 0) is 9.47 Å². The van der Waals surface area contributed by atoms with Crippen LogP contribution in [0, 0.1) is 0 Å². The Morgan fingerprint density at radius 2 is 1.92 bits per heavy atom. The van der Waals surface area contributed by atoms with E-state index in [2.05, 4.69) is 0 Å². The molecular formula is C7H16N2O3. The average molecular weight is 176 g/mol. The topological polar surface area (TPSA) is 90.7 Å². The third kappa shape index (κ3) is 1.60. The molecule has 1 saturated heterocycles. The van der Waals surface area contributed by atoms with Crippen LogP contribution in [0.25, 0.3) is 0 Å². The van der Waals surface area contributed by atoms with Crippen molar-refractivity contribution in [3.8, 4) is 0 Å². The van der Waals surface area contributed by atoms with E-state index in [1.54, 1.807) is 6.92 Å². The first kappa shape index (κ1) is 9.88. The Bertz CT molecular complexity index is 156. The first-order chi connectivity index (χ1) is 5.57. The van der Waals surface area contributed by atoms with Crippen molar-refractivity contribution in [3.63, 3.8) is 0 Å². The van der Waals surface area contributed by atoms with Gasteiger partial charge in [-0.25, -0.2) is 0 Å². The molecule has 0 amide bonds. The maximum absolute atomic E-state index is 9.34. The monoisotopic (exact) mass is 176 g/mol. The molecule has 0 spiro atoms. The van der Waals surface area contributed by atoms with Crippen LogP contribution < -0.4 is 11.5 Å². The van der Waals surface area contributed by atoms with Gasteiger partial charge in [-0.3, -0.25) is 0 Å². The Morgan fingerprint density at radius 1 is 1.33 bits per heavy atom. The third-order valence-corrected chi connectivity index (χ3v) is 2.27. The standard InChI is InChI=1S/C7H16N2O3/c1-3-4(8)5(9)6(11-2)7(10)12-3/h3-7,10H,8-9H2,1-2H3/t3-,4-,5+,6-,7+/m1/s1. The first-order valence-electron chi connectivity index (χ1n) is 3.95. The van der Waals surface area contributed by atoms with Crippen LogP contribution in [0.3, 0.4) is 0 Å². The smallest absolute Gasteiger partial charge is 0.183 e. The van der Waals surface area contributed by atoms with Crippen molar-refractivity contribution in [1.29, 1.82) is 0 Å². The lowest BCUT2D eigenvalue weighted by Crippen LogP contribution is -2.64. The molecule has 0 aromatic carbocycles. The summed E-state index contributed by atoms with van der Waals surface area (Å²) in [6.45, 7) is 1.78. The Labute approximate surface area is 71.6 Å². The van der Waals surface area contributed by atoms with Gasteiger partial charge >= 0.3 is 0 Å². The molecule has 0 aromatic heterocycles. The largest absolute Gasteiger partial charge is 0.374 e. The molecule has 0 radical (unpaired) electrons. The minimum Gasteiger partial charge on any atom is -0.374 e. The van der Waals surface area contributed by atoms with Crippen molar-refractivity contribution < 1.29 is 14.6 Å². The zero-order valence-corrected chi connectivity index (χ0v) is 7.31. The molecule has 5 N–H and O–H groups in total. The molecule has 1 aliphatic heterocycles. The van der Waals surface area contributed by atoms with E-state index >= 15 is 0 Å². The molecular weight excluding hydrogens is 160 g/mol. The Balaban J connectivity index is 2.65. The predicted octanol–water partition coefficient (Wildman–Crippen LogP) is -1.61. The van der Waals surface area contributed by atoms with E-state index in [1.807, 2.05) is 0 Å². The normalized spacial score (nSPS) is 49.2. The molecule has 0 aliphatic carbocycles. The van der Waals surface area contributed by atoms with E-state index in [1.165, 1.54) is 7.11 Å². The zero-order valence-electron chi connectivity index (χ0n) is 7.31. The van der Waals surface area contributed by atoms with E-state index in [0.717, 1.165) is 0 Å². The molecule has 0 bridgehead atoms. The van der Waals surface area contributed by atoms with Gasteiger partial charge in [0.1, 0.15) is 6.10 Å². The summed E-state index contributed by atoms with van der Waals surface area (Å²) in [6, 6.07) is -0.674. The summed E-state index contributed by atoms with van der Waals surface area (Å²) in [5.74, 6) is 0. The molecule has 5 nitrogen and oxygen atoms in total. The summed E-state index contributed by atoms with van der Waals surface area (Å²) in [4.78, 5) is 0. The number of hydrogen-bond donors (Lipinski definition) is 3. The van der Waals surface area contributed by atoms with Gasteiger partial charge in [-0.15, -0.1) is 0 Å². The highest BCUT2D eigenvalue weighted by Crippen LogP contribution is 2.18. The molecule has 0 unspecified atom stereocenters. The second-order valence-electron chi connectivity index (χ2n) is 3.09. The van der Waals surface area contributed by atoms with Gasteiger partial charge in [0.25, 0.3) is 0 Å². The molecule has 5 heteroatoms. The van der Waals surface area contributed by atoms with Gasteiger partial charge < -0.3 is 26.0 Å². The number of aliphatic hydroxyl groups is 1. The van der Waals surface area contributed by atoms with Crippen LogP contribution in [-0.4, -0.2) is 42.8 Å². The molecule has 1 aliphatic rings. The SMILES string of the molecule is CO[C@@H]1[C@@H](N)[C@H](N)[C@@H](C)O[C@@H]1O. The Morgan fingerprint density at radius 3 is 2.42 bits per heavy atom. The van der Waals surface area contributed by atoms with E-state index in [0.29, 0.717) is 0 Å². The molecule has 0 saturated carbocycles. The van der Waals surface area contributed by atoms with Crippen LogP contribution in [0.5, 0.6) is 0 Å². The van der Waals surface area contributed by atoms with Gasteiger partial charge in [-0.05, 0) is 6.92 Å². The second kappa shape index (κ2) is 3.68. The molecule has 1 heterocycles. The van der Waals surface area contributed by atoms with E-state index in [9.17, 15) is 5.11 Å². The lowest BCUT2D eigenvalue weighted by atomic mass is 9.96. The highest BCUT2D eigenvalue weighted by Gasteiger charge is 2.39. The summed E-state index contributed by atoms with van der Waals surface area (Å²) in [7, 11) is 1.47. The fraction of sp³-hybridized carbons (Fsp3) is 1.00. The molecule has 0 aromatic rings. The lowest BCUT2D eigenvalue weighted by molar-refractivity contribution is -0.229. The van der Waals surface area contributed by atoms with Crippen molar-refractivity contribution in [1.82, 2.24) is 0 Å². The van der Waals surface area contributed by atoms with Crippen LogP contribution >= 0.6 is 0 Å². The predicted molar refractivity (Wildman–Crippen MR) is 43.3 cm³/mol. The number of rotatable bonds is 1. The number of hydrogen-bond acceptors (Lipinski definition) is 5. The van der Waals surface area contributed by atoms with Gasteiger partial charge in [-0.2, -0.15) is 0 Å². The Hall–Kier alpha value is -0.200. The lowest BCUT2D eigenvalue weighted by Gasteiger charge is -2.40. The highest BCUT2D eigenvalue weighted by molar-refractivity contribution is 4.93. The molecule has 1 fully saturated rings. The molecule has 72 valence electrons. The minimum absolute atomic E-state index is 0.235. The van der Waals surface area contributed by atoms with E-state index < -0.39 is 12.4 Å². The number of aliphatic hydroxyl groups excluding tert-OH is 1. The summed E-state index contributed by atoms with van der Waals surface area (Å²) < 4.78 is 10.1. The summed E-state index contributed by atoms with van der Waals surface area (Å²) >= 11 is 0. The third-order valence-electron chi connectivity index (χ3n) is 2.27. The molecule has 12 heavy (non-hydrogen) atoms. The van der Waals surface area contributed by atoms with Gasteiger partial charge in [0.05, 0.1) is 12.1 Å². The fourth-order valence-corrected chi connectivity index (χ4v) is 1.38.